The van der Waals surface area contributed by atoms with Gasteiger partial charge in [0.25, 0.3) is 0 Å². The van der Waals surface area contributed by atoms with Gasteiger partial charge in [0.2, 0.25) is 11.1 Å². The molecule has 134 valence electrons. The fourth-order valence-electron chi connectivity index (χ4n) is 2.25. The molecule has 0 saturated heterocycles. The van der Waals surface area contributed by atoms with Gasteiger partial charge in [-0.3, -0.25) is 4.79 Å². The lowest BCUT2D eigenvalue weighted by molar-refractivity contribution is -0.113. The number of benzene rings is 2. The lowest BCUT2D eigenvalue weighted by Gasteiger charge is -2.08. The van der Waals surface area contributed by atoms with Gasteiger partial charge in [0, 0.05) is 16.3 Å². The van der Waals surface area contributed by atoms with E-state index in [1.165, 1.54) is 16.8 Å². The second-order valence-corrected chi connectivity index (χ2v) is 6.86. The molecular weight excluding hydrogens is 377 g/mol. The largest absolute Gasteiger partial charge is 0.335 e. The predicted octanol–water partition coefficient (Wildman–Crippen LogP) is 3.49. The van der Waals surface area contributed by atoms with Gasteiger partial charge in [-0.05, 0) is 36.8 Å². The maximum Gasteiger partial charge on any atom is 0.234 e. The molecule has 0 aliphatic rings. The standard InChI is InChI=1S/C17H15ClFN5OS/c1-10-5-6-13(19)8-14(10)21-15(25)9-26-17-23-22-16(24(17)20)11-3-2-4-12(18)7-11/h2-8H,9,20H2,1H3,(H,21,25). The lowest BCUT2D eigenvalue weighted by Crippen LogP contribution is -2.17. The van der Waals surface area contributed by atoms with Gasteiger partial charge in [-0.1, -0.05) is 41.6 Å². The number of thioether (sulfide) groups is 1. The molecule has 0 aliphatic carbocycles. The number of amides is 1. The van der Waals surface area contributed by atoms with Crippen LogP contribution in [0.1, 0.15) is 5.56 Å². The third-order valence-corrected chi connectivity index (χ3v) is 4.73. The number of rotatable bonds is 5. The van der Waals surface area contributed by atoms with Gasteiger partial charge in [0.1, 0.15) is 5.82 Å². The van der Waals surface area contributed by atoms with Crippen LogP contribution in [0.2, 0.25) is 5.02 Å². The van der Waals surface area contributed by atoms with Gasteiger partial charge >= 0.3 is 0 Å². The number of carbonyl (C=O) groups excluding carboxylic acids is 1. The highest BCUT2D eigenvalue weighted by atomic mass is 35.5. The molecule has 1 amide bonds. The number of aryl methyl sites for hydroxylation is 1. The zero-order valence-corrected chi connectivity index (χ0v) is 15.3. The summed E-state index contributed by atoms with van der Waals surface area (Å²) in [6.45, 7) is 1.79. The molecule has 0 unspecified atom stereocenters. The quantitative estimate of drug-likeness (QED) is 0.513. The minimum Gasteiger partial charge on any atom is -0.335 e. The topological polar surface area (TPSA) is 85.8 Å². The Labute approximate surface area is 158 Å². The molecule has 0 atom stereocenters. The van der Waals surface area contributed by atoms with E-state index < -0.39 is 5.82 Å². The van der Waals surface area contributed by atoms with E-state index in [1.54, 1.807) is 31.2 Å². The summed E-state index contributed by atoms with van der Waals surface area (Å²) in [5, 5.41) is 11.7. The van der Waals surface area contributed by atoms with Crippen LogP contribution in [0, 0.1) is 12.7 Å². The van der Waals surface area contributed by atoms with Crippen LogP contribution in [-0.2, 0) is 4.79 Å². The van der Waals surface area contributed by atoms with Crippen LogP contribution >= 0.6 is 23.4 Å². The molecule has 1 aromatic heterocycles. The Balaban J connectivity index is 1.67. The van der Waals surface area contributed by atoms with Crippen LogP contribution in [0.15, 0.2) is 47.6 Å². The van der Waals surface area contributed by atoms with E-state index in [0.29, 0.717) is 21.7 Å². The van der Waals surface area contributed by atoms with Crippen molar-refractivity contribution in [2.45, 2.75) is 12.1 Å². The summed E-state index contributed by atoms with van der Waals surface area (Å²) >= 11 is 7.10. The van der Waals surface area contributed by atoms with Gasteiger partial charge in [0.05, 0.1) is 5.75 Å². The highest BCUT2D eigenvalue weighted by Gasteiger charge is 2.14. The summed E-state index contributed by atoms with van der Waals surface area (Å²) in [6, 6.07) is 11.3. The van der Waals surface area contributed by atoms with Crippen molar-refractivity contribution in [1.29, 1.82) is 0 Å². The number of nitrogen functional groups attached to an aromatic ring is 1. The number of hydrogen-bond acceptors (Lipinski definition) is 5. The van der Waals surface area contributed by atoms with Crippen LogP contribution in [-0.4, -0.2) is 26.5 Å². The minimum atomic E-state index is -0.411. The molecular formula is C17H15ClFN5OS. The molecule has 3 rings (SSSR count). The predicted molar refractivity (Wildman–Crippen MR) is 101 cm³/mol. The SMILES string of the molecule is Cc1ccc(F)cc1NC(=O)CSc1nnc(-c2cccc(Cl)c2)n1N. The number of aromatic nitrogens is 3. The Hall–Kier alpha value is -2.58. The molecule has 0 spiro atoms. The molecule has 0 radical (unpaired) electrons. The van der Waals surface area contributed by atoms with Crippen molar-refractivity contribution in [2.75, 3.05) is 16.9 Å². The summed E-state index contributed by atoms with van der Waals surface area (Å²) in [5.41, 5.74) is 1.93. The number of hydrogen-bond donors (Lipinski definition) is 2. The summed E-state index contributed by atoms with van der Waals surface area (Å²) in [6.07, 6.45) is 0. The van der Waals surface area contributed by atoms with Gasteiger partial charge in [-0.2, -0.15) is 0 Å². The molecule has 1 heterocycles. The minimum absolute atomic E-state index is 0.0564. The van der Waals surface area contributed by atoms with Gasteiger partial charge < -0.3 is 11.2 Å². The Morgan fingerprint density at radius 1 is 1.31 bits per heavy atom. The van der Waals surface area contributed by atoms with Crippen molar-refractivity contribution in [3.63, 3.8) is 0 Å². The van der Waals surface area contributed by atoms with Crippen molar-refractivity contribution >= 4 is 35.0 Å². The smallest absolute Gasteiger partial charge is 0.234 e. The Morgan fingerprint density at radius 3 is 2.88 bits per heavy atom. The number of nitrogens with one attached hydrogen (secondary N) is 1. The highest BCUT2D eigenvalue weighted by molar-refractivity contribution is 7.99. The van der Waals surface area contributed by atoms with E-state index in [4.69, 9.17) is 17.4 Å². The van der Waals surface area contributed by atoms with Crippen LogP contribution in [0.5, 0.6) is 0 Å². The number of nitrogens with zero attached hydrogens (tertiary/aromatic N) is 3. The number of halogens is 2. The fraction of sp³-hybridized carbons (Fsp3) is 0.118. The van der Waals surface area contributed by atoms with Gasteiger partial charge in [-0.15, -0.1) is 10.2 Å². The summed E-state index contributed by atoms with van der Waals surface area (Å²) in [5.74, 6) is 5.81. The lowest BCUT2D eigenvalue weighted by atomic mass is 10.2. The molecule has 26 heavy (non-hydrogen) atoms. The van der Waals surface area contributed by atoms with Crippen LogP contribution in [0.4, 0.5) is 10.1 Å². The van der Waals surface area contributed by atoms with Crippen molar-refractivity contribution in [3.05, 3.63) is 58.9 Å². The first-order valence-corrected chi connectivity index (χ1v) is 8.95. The molecule has 0 aliphatic heterocycles. The second kappa shape index (κ2) is 7.76. The van der Waals surface area contributed by atoms with Gasteiger partial charge in [-0.25, -0.2) is 9.07 Å². The Bertz CT molecular complexity index is 962. The number of carbonyl (C=O) groups is 1. The first kappa shape index (κ1) is 18.2. The maximum absolute atomic E-state index is 13.3. The van der Waals surface area contributed by atoms with Crippen molar-refractivity contribution in [2.24, 2.45) is 0 Å². The number of nitrogens with two attached hydrogens (primary N) is 1. The van der Waals surface area contributed by atoms with E-state index in [1.807, 2.05) is 6.07 Å². The van der Waals surface area contributed by atoms with Crippen LogP contribution in [0.25, 0.3) is 11.4 Å². The molecule has 2 aromatic carbocycles. The maximum atomic E-state index is 13.3. The van der Waals surface area contributed by atoms with Gasteiger partial charge in [0.15, 0.2) is 5.82 Å². The molecule has 0 saturated carbocycles. The average molecular weight is 392 g/mol. The highest BCUT2D eigenvalue weighted by Crippen LogP contribution is 2.24. The third-order valence-electron chi connectivity index (χ3n) is 3.55. The summed E-state index contributed by atoms with van der Waals surface area (Å²) in [4.78, 5) is 12.1. The van der Waals surface area contributed by atoms with E-state index in [0.717, 1.165) is 22.9 Å². The van der Waals surface area contributed by atoms with Crippen molar-refractivity contribution in [1.82, 2.24) is 14.9 Å². The molecule has 0 bridgehead atoms. The zero-order chi connectivity index (χ0) is 18.7. The zero-order valence-electron chi connectivity index (χ0n) is 13.7. The van der Waals surface area contributed by atoms with Crippen LogP contribution < -0.4 is 11.2 Å². The Morgan fingerprint density at radius 2 is 2.12 bits per heavy atom. The molecule has 9 heteroatoms. The van der Waals surface area contributed by atoms with E-state index in [-0.39, 0.29) is 11.7 Å². The molecule has 3 aromatic rings. The molecule has 0 fully saturated rings. The fourth-order valence-corrected chi connectivity index (χ4v) is 3.09. The van der Waals surface area contributed by atoms with E-state index >= 15 is 0 Å². The average Bonchev–Trinajstić information content (AvgIpc) is 2.97. The van der Waals surface area contributed by atoms with E-state index in [2.05, 4.69) is 15.5 Å². The van der Waals surface area contributed by atoms with E-state index in [9.17, 15) is 9.18 Å². The van der Waals surface area contributed by atoms with Crippen molar-refractivity contribution < 1.29 is 9.18 Å². The number of anilines is 1. The summed E-state index contributed by atoms with van der Waals surface area (Å²) in [7, 11) is 0. The monoisotopic (exact) mass is 391 g/mol. The second-order valence-electron chi connectivity index (χ2n) is 5.48. The van der Waals surface area contributed by atoms with Crippen LogP contribution in [0.3, 0.4) is 0 Å². The third kappa shape index (κ3) is 4.14. The molecule has 3 N–H and O–H groups in total. The summed E-state index contributed by atoms with van der Waals surface area (Å²) < 4.78 is 14.6. The first-order valence-electron chi connectivity index (χ1n) is 7.59. The normalized spacial score (nSPS) is 10.7. The Kier molecular flexibility index (Phi) is 5.43. The van der Waals surface area contributed by atoms with Crippen molar-refractivity contribution in [3.8, 4) is 11.4 Å². The first-order chi connectivity index (χ1) is 12.4. The molecule has 6 nitrogen and oxygen atoms in total.